The van der Waals surface area contributed by atoms with E-state index < -0.39 is 0 Å². The van der Waals surface area contributed by atoms with Crippen molar-refractivity contribution in [2.75, 3.05) is 20.8 Å². The monoisotopic (exact) mass is 382 g/mol. The molecule has 7 nitrogen and oxygen atoms in total. The van der Waals surface area contributed by atoms with Gasteiger partial charge in [0.2, 0.25) is 0 Å². The highest BCUT2D eigenvalue weighted by molar-refractivity contribution is 5.42. The van der Waals surface area contributed by atoms with Crippen LogP contribution in [-0.4, -0.2) is 40.3 Å². The fourth-order valence-corrected chi connectivity index (χ4v) is 4.03. The number of nitrogens with one attached hydrogen (secondary N) is 1. The highest BCUT2D eigenvalue weighted by Gasteiger charge is 2.27. The van der Waals surface area contributed by atoms with E-state index in [9.17, 15) is 4.79 Å². The van der Waals surface area contributed by atoms with Gasteiger partial charge in [0, 0.05) is 36.0 Å². The van der Waals surface area contributed by atoms with E-state index in [0.29, 0.717) is 5.65 Å². The van der Waals surface area contributed by atoms with E-state index in [1.165, 1.54) is 4.52 Å². The van der Waals surface area contributed by atoms with E-state index >= 15 is 0 Å². The number of piperidine rings is 1. The molecular formula is C21H26N4O3. The van der Waals surface area contributed by atoms with E-state index in [1.807, 2.05) is 25.1 Å². The minimum atomic E-state index is -0.0760. The molecule has 1 aromatic carbocycles. The number of aromatic amines is 1. The van der Waals surface area contributed by atoms with E-state index in [-0.39, 0.29) is 11.6 Å². The number of benzene rings is 1. The Balaban J connectivity index is 1.66. The van der Waals surface area contributed by atoms with Crippen molar-refractivity contribution >= 4 is 5.65 Å². The molecule has 0 unspecified atom stereocenters. The summed E-state index contributed by atoms with van der Waals surface area (Å²) in [6, 6.07) is 9.71. The average Bonchev–Trinajstić information content (AvgIpc) is 3.13. The minimum absolute atomic E-state index is 0.0760. The Morgan fingerprint density at radius 3 is 2.82 bits per heavy atom. The zero-order chi connectivity index (χ0) is 19.7. The minimum Gasteiger partial charge on any atom is -0.497 e. The Bertz CT molecular complexity index is 1040. The predicted molar refractivity (Wildman–Crippen MR) is 107 cm³/mol. The van der Waals surface area contributed by atoms with Gasteiger partial charge in [0.15, 0.2) is 5.65 Å². The van der Waals surface area contributed by atoms with E-state index in [1.54, 1.807) is 20.3 Å². The van der Waals surface area contributed by atoms with E-state index in [4.69, 9.17) is 9.47 Å². The standard InChI is InChI=1S/C21H26N4O3/c1-14-10-21(26)25-20(22-14)12-17(23-25)18-6-4-5-9-24(18)13-15-7-8-16(27-2)11-19(15)28-3/h7-8,10-12,18,23H,4-6,9,13H2,1-3H3/t18-/m1/s1. The molecule has 7 heteroatoms. The SMILES string of the molecule is COc1ccc(CN2CCCC[C@@H]2c2cc3nc(C)cc(=O)n3[nH]2)c(OC)c1. The van der Waals surface area contributed by atoms with Crippen LogP contribution in [0.25, 0.3) is 5.65 Å². The fourth-order valence-electron chi connectivity index (χ4n) is 4.03. The number of nitrogens with zero attached hydrogens (tertiary/aromatic N) is 3. The molecule has 0 saturated carbocycles. The molecule has 4 rings (SSSR count). The highest BCUT2D eigenvalue weighted by Crippen LogP contribution is 2.34. The normalized spacial score (nSPS) is 17.8. The van der Waals surface area contributed by atoms with Crippen LogP contribution >= 0.6 is 0 Å². The molecule has 1 fully saturated rings. The summed E-state index contributed by atoms with van der Waals surface area (Å²) in [7, 11) is 3.34. The lowest BCUT2D eigenvalue weighted by molar-refractivity contribution is 0.135. The zero-order valence-electron chi connectivity index (χ0n) is 16.6. The summed E-state index contributed by atoms with van der Waals surface area (Å²) in [6.07, 6.45) is 3.36. The number of hydrogen-bond donors (Lipinski definition) is 1. The van der Waals surface area contributed by atoms with Gasteiger partial charge in [-0.3, -0.25) is 14.8 Å². The molecule has 1 atom stereocenters. The summed E-state index contributed by atoms with van der Waals surface area (Å²) in [5, 5.41) is 3.27. The van der Waals surface area contributed by atoms with Crippen molar-refractivity contribution in [2.45, 2.75) is 38.8 Å². The molecule has 0 spiro atoms. The lowest BCUT2D eigenvalue weighted by Crippen LogP contribution is -2.33. The third-order valence-electron chi connectivity index (χ3n) is 5.44. The van der Waals surface area contributed by atoms with Gasteiger partial charge in [0.1, 0.15) is 11.5 Å². The van der Waals surface area contributed by atoms with Crippen LogP contribution < -0.4 is 15.0 Å². The van der Waals surface area contributed by atoms with Gasteiger partial charge in [-0.1, -0.05) is 12.5 Å². The van der Waals surface area contributed by atoms with Crippen LogP contribution in [-0.2, 0) is 6.54 Å². The number of H-pyrrole nitrogens is 1. The van der Waals surface area contributed by atoms with Crippen LogP contribution in [0, 0.1) is 6.92 Å². The van der Waals surface area contributed by atoms with Gasteiger partial charge < -0.3 is 9.47 Å². The van der Waals surface area contributed by atoms with Crippen LogP contribution in [0.3, 0.4) is 0 Å². The van der Waals surface area contributed by atoms with Gasteiger partial charge in [-0.25, -0.2) is 9.50 Å². The first-order valence-corrected chi connectivity index (χ1v) is 9.63. The number of hydrogen-bond acceptors (Lipinski definition) is 5. The Hall–Kier alpha value is -2.80. The second-order valence-electron chi connectivity index (χ2n) is 7.30. The quantitative estimate of drug-likeness (QED) is 0.734. The van der Waals surface area contributed by atoms with Crippen LogP contribution in [0.1, 0.15) is 42.3 Å². The lowest BCUT2D eigenvalue weighted by atomic mass is 9.98. The van der Waals surface area contributed by atoms with E-state index in [2.05, 4.69) is 21.0 Å². The molecule has 28 heavy (non-hydrogen) atoms. The van der Waals surface area contributed by atoms with Crippen molar-refractivity contribution in [3.05, 3.63) is 57.6 Å². The molecule has 1 aliphatic heterocycles. The van der Waals surface area contributed by atoms with Crippen LogP contribution in [0.4, 0.5) is 0 Å². The Kier molecular flexibility index (Phi) is 5.09. The zero-order valence-corrected chi connectivity index (χ0v) is 16.6. The van der Waals surface area contributed by atoms with Crippen LogP contribution in [0.15, 0.2) is 35.1 Å². The van der Waals surface area contributed by atoms with Crippen molar-refractivity contribution in [1.82, 2.24) is 19.5 Å². The molecule has 2 aromatic heterocycles. The maximum absolute atomic E-state index is 12.3. The Morgan fingerprint density at radius 1 is 1.18 bits per heavy atom. The summed E-state index contributed by atoms with van der Waals surface area (Å²) in [5.41, 5.74) is 3.49. The first-order chi connectivity index (χ1) is 13.6. The van der Waals surface area contributed by atoms with E-state index in [0.717, 1.165) is 60.8 Å². The average molecular weight is 382 g/mol. The number of rotatable bonds is 5. The molecule has 0 aliphatic carbocycles. The summed E-state index contributed by atoms with van der Waals surface area (Å²) in [5.74, 6) is 1.61. The van der Waals surface area contributed by atoms with Crippen molar-refractivity contribution in [2.24, 2.45) is 0 Å². The number of aryl methyl sites for hydroxylation is 1. The number of ether oxygens (including phenoxy) is 2. The smallest absolute Gasteiger partial charge is 0.272 e. The Labute approximate surface area is 163 Å². The second kappa shape index (κ2) is 7.67. The van der Waals surface area contributed by atoms with Crippen molar-refractivity contribution < 1.29 is 9.47 Å². The molecule has 3 heterocycles. The summed E-state index contributed by atoms with van der Waals surface area (Å²) in [6.45, 7) is 3.61. The first-order valence-electron chi connectivity index (χ1n) is 9.63. The van der Waals surface area contributed by atoms with Crippen molar-refractivity contribution in [3.8, 4) is 11.5 Å². The molecule has 148 valence electrons. The maximum Gasteiger partial charge on any atom is 0.272 e. The van der Waals surface area contributed by atoms with Gasteiger partial charge >= 0.3 is 0 Å². The van der Waals surface area contributed by atoms with Crippen molar-refractivity contribution in [3.63, 3.8) is 0 Å². The molecule has 1 N–H and O–H groups in total. The van der Waals surface area contributed by atoms with Crippen LogP contribution in [0.2, 0.25) is 0 Å². The van der Waals surface area contributed by atoms with Crippen LogP contribution in [0.5, 0.6) is 11.5 Å². The molecule has 0 radical (unpaired) electrons. The third kappa shape index (κ3) is 3.49. The summed E-state index contributed by atoms with van der Waals surface area (Å²) in [4.78, 5) is 19.2. The highest BCUT2D eigenvalue weighted by atomic mass is 16.5. The first kappa shape index (κ1) is 18.6. The number of fused-ring (bicyclic) bond motifs is 1. The van der Waals surface area contributed by atoms with Gasteiger partial charge in [0.05, 0.1) is 26.0 Å². The molecular weight excluding hydrogens is 356 g/mol. The lowest BCUT2D eigenvalue weighted by Gasteiger charge is -2.35. The van der Waals surface area contributed by atoms with Gasteiger partial charge in [-0.2, -0.15) is 0 Å². The molecule has 1 aliphatic rings. The topological polar surface area (TPSA) is 71.9 Å². The van der Waals surface area contributed by atoms with Gasteiger partial charge in [-0.05, 0) is 32.4 Å². The largest absolute Gasteiger partial charge is 0.497 e. The van der Waals surface area contributed by atoms with Crippen molar-refractivity contribution in [1.29, 1.82) is 0 Å². The predicted octanol–water partition coefficient (Wildman–Crippen LogP) is 3.08. The fraction of sp³-hybridized carbons (Fsp3) is 0.429. The summed E-state index contributed by atoms with van der Waals surface area (Å²) < 4.78 is 12.4. The number of likely N-dealkylation sites (tertiary alicyclic amines) is 1. The third-order valence-corrected chi connectivity index (χ3v) is 5.44. The Morgan fingerprint density at radius 2 is 2.04 bits per heavy atom. The molecule has 1 saturated heterocycles. The molecule has 0 amide bonds. The number of aromatic nitrogens is 3. The number of methoxy groups -OCH3 is 2. The molecule has 3 aromatic rings. The van der Waals surface area contributed by atoms with Gasteiger partial charge in [-0.15, -0.1) is 0 Å². The summed E-state index contributed by atoms with van der Waals surface area (Å²) >= 11 is 0. The second-order valence-corrected chi connectivity index (χ2v) is 7.30. The molecule has 0 bridgehead atoms. The maximum atomic E-state index is 12.3. The van der Waals surface area contributed by atoms with Gasteiger partial charge in [0.25, 0.3) is 5.56 Å².